The number of aryl methyl sites for hydroxylation is 1. The summed E-state index contributed by atoms with van der Waals surface area (Å²) < 4.78 is 1.64. The molecule has 0 saturated carbocycles. The summed E-state index contributed by atoms with van der Waals surface area (Å²) in [7, 11) is 0. The molecule has 100 valence electrons. The van der Waals surface area contributed by atoms with Crippen molar-refractivity contribution in [2.24, 2.45) is 0 Å². The monoisotopic (exact) mass is 267 g/mol. The fourth-order valence-electron chi connectivity index (χ4n) is 1.92. The van der Waals surface area contributed by atoms with E-state index in [1.165, 1.54) is 6.33 Å². The van der Waals surface area contributed by atoms with Gasteiger partial charge < -0.3 is 5.32 Å². The van der Waals surface area contributed by atoms with Gasteiger partial charge in [-0.2, -0.15) is 0 Å². The molecule has 1 N–H and O–H groups in total. The van der Waals surface area contributed by atoms with Gasteiger partial charge in [-0.25, -0.2) is 14.6 Å². The van der Waals surface area contributed by atoms with Gasteiger partial charge in [0, 0.05) is 30.2 Å². The van der Waals surface area contributed by atoms with Crippen LogP contribution in [0.15, 0.2) is 43.2 Å². The second kappa shape index (κ2) is 5.43. The predicted octanol–water partition coefficient (Wildman–Crippen LogP) is 1.37. The van der Waals surface area contributed by atoms with Crippen LogP contribution in [0.5, 0.6) is 0 Å². The van der Waals surface area contributed by atoms with E-state index in [2.05, 4.69) is 36.9 Å². The van der Waals surface area contributed by atoms with Gasteiger partial charge in [0.1, 0.15) is 12.7 Å². The molecule has 0 spiro atoms. The minimum Gasteiger partial charge on any atom is -0.381 e. The minimum atomic E-state index is 0.685. The smallest absolute Gasteiger partial charge is 0.143 e. The number of nitrogens with one attached hydrogen (secondary N) is 1. The van der Waals surface area contributed by atoms with Crippen molar-refractivity contribution in [3.8, 4) is 5.69 Å². The molecule has 1 aromatic carbocycles. The van der Waals surface area contributed by atoms with E-state index < -0.39 is 0 Å². The van der Waals surface area contributed by atoms with Crippen LogP contribution in [0, 0.1) is 6.92 Å². The average Bonchev–Trinajstić information content (AvgIpc) is 3.00. The summed E-state index contributed by atoms with van der Waals surface area (Å²) in [6, 6.07) is 6.03. The third kappa shape index (κ3) is 2.61. The highest BCUT2D eigenvalue weighted by molar-refractivity contribution is 5.53. The van der Waals surface area contributed by atoms with Gasteiger partial charge in [-0.05, 0) is 41.1 Å². The second-order valence-corrected chi connectivity index (χ2v) is 4.36. The largest absolute Gasteiger partial charge is 0.381 e. The van der Waals surface area contributed by atoms with Crippen LogP contribution < -0.4 is 5.32 Å². The standard InChI is InChI=1S/C13H13N7/c1-10-4-12(16-7-11-5-14-8-15-6-11)2-3-13(10)20-9-17-18-19-20/h2-6,8-9,16H,7H2,1H3. The molecular formula is C13H13N7. The Morgan fingerprint density at radius 1 is 1.20 bits per heavy atom. The number of nitrogens with zero attached hydrogens (tertiary/aromatic N) is 6. The molecule has 0 aliphatic heterocycles. The van der Waals surface area contributed by atoms with Crippen LogP contribution >= 0.6 is 0 Å². The van der Waals surface area contributed by atoms with Gasteiger partial charge in [-0.3, -0.25) is 0 Å². The van der Waals surface area contributed by atoms with Crippen LogP contribution in [0.2, 0.25) is 0 Å². The third-order valence-corrected chi connectivity index (χ3v) is 2.90. The van der Waals surface area contributed by atoms with Crippen molar-refractivity contribution in [2.75, 3.05) is 5.32 Å². The van der Waals surface area contributed by atoms with Crippen molar-refractivity contribution in [1.29, 1.82) is 0 Å². The van der Waals surface area contributed by atoms with Gasteiger partial charge in [0.05, 0.1) is 5.69 Å². The molecule has 2 aromatic heterocycles. The number of rotatable bonds is 4. The lowest BCUT2D eigenvalue weighted by Gasteiger charge is -2.09. The highest BCUT2D eigenvalue weighted by Crippen LogP contribution is 2.18. The Morgan fingerprint density at radius 3 is 2.75 bits per heavy atom. The van der Waals surface area contributed by atoms with Crippen molar-refractivity contribution in [1.82, 2.24) is 30.2 Å². The predicted molar refractivity (Wildman–Crippen MR) is 73.2 cm³/mol. The molecule has 0 fully saturated rings. The first-order valence-corrected chi connectivity index (χ1v) is 6.15. The molecule has 0 amide bonds. The second-order valence-electron chi connectivity index (χ2n) is 4.36. The van der Waals surface area contributed by atoms with Crippen LogP contribution in [-0.4, -0.2) is 30.2 Å². The van der Waals surface area contributed by atoms with Crippen molar-refractivity contribution >= 4 is 5.69 Å². The highest BCUT2D eigenvalue weighted by Gasteiger charge is 2.03. The van der Waals surface area contributed by atoms with E-state index in [0.29, 0.717) is 6.54 Å². The average molecular weight is 267 g/mol. The quantitative estimate of drug-likeness (QED) is 0.769. The lowest BCUT2D eigenvalue weighted by atomic mass is 10.1. The maximum absolute atomic E-state index is 3.99. The zero-order chi connectivity index (χ0) is 13.8. The minimum absolute atomic E-state index is 0.685. The van der Waals surface area contributed by atoms with E-state index >= 15 is 0 Å². The molecule has 0 bridgehead atoms. The first-order valence-electron chi connectivity index (χ1n) is 6.15. The number of benzene rings is 1. The molecule has 0 atom stereocenters. The number of hydrogen-bond acceptors (Lipinski definition) is 6. The first-order chi connectivity index (χ1) is 9.83. The van der Waals surface area contributed by atoms with Gasteiger partial charge in [0.25, 0.3) is 0 Å². The third-order valence-electron chi connectivity index (χ3n) is 2.90. The summed E-state index contributed by atoms with van der Waals surface area (Å²) in [6.45, 7) is 2.71. The lowest BCUT2D eigenvalue weighted by Crippen LogP contribution is -2.02. The van der Waals surface area contributed by atoms with E-state index in [0.717, 1.165) is 22.5 Å². The molecule has 0 saturated heterocycles. The molecule has 3 aromatic rings. The van der Waals surface area contributed by atoms with E-state index in [1.54, 1.807) is 23.4 Å². The fraction of sp³-hybridized carbons (Fsp3) is 0.154. The Balaban J connectivity index is 1.74. The Labute approximate surface area is 115 Å². The molecule has 0 aliphatic rings. The maximum atomic E-state index is 3.99. The molecule has 0 aliphatic carbocycles. The molecule has 2 heterocycles. The van der Waals surface area contributed by atoms with Crippen molar-refractivity contribution in [3.05, 3.63) is 54.4 Å². The van der Waals surface area contributed by atoms with Crippen molar-refractivity contribution < 1.29 is 0 Å². The highest BCUT2D eigenvalue weighted by atomic mass is 15.5. The Kier molecular flexibility index (Phi) is 3.32. The van der Waals surface area contributed by atoms with Crippen LogP contribution in [0.3, 0.4) is 0 Å². The summed E-state index contributed by atoms with van der Waals surface area (Å²) in [4.78, 5) is 7.97. The van der Waals surface area contributed by atoms with E-state index in [-0.39, 0.29) is 0 Å². The summed E-state index contributed by atoms with van der Waals surface area (Å²) >= 11 is 0. The number of hydrogen-bond donors (Lipinski definition) is 1. The normalized spacial score (nSPS) is 10.4. The number of anilines is 1. The molecule has 0 radical (unpaired) electrons. The Hall–Kier alpha value is -2.83. The topological polar surface area (TPSA) is 81.4 Å². The SMILES string of the molecule is Cc1cc(NCc2cncnc2)ccc1-n1cnnn1. The van der Waals surface area contributed by atoms with Gasteiger partial charge in [-0.1, -0.05) is 0 Å². The van der Waals surface area contributed by atoms with Crippen LogP contribution in [-0.2, 0) is 6.54 Å². The van der Waals surface area contributed by atoms with Crippen LogP contribution in [0.1, 0.15) is 11.1 Å². The van der Waals surface area contributed by atoms with Crippen LogP contribution in [0.4, 0.5) is 5.69 Å². The number of tetrazole rings is 1. The van der Waals surface area contributed by atoms with Gasteiger partial charge >= 0.3 is 0 Å². The molecule has 7 heteroatoms. The fourth-order valence-corrected chi connectivity index (χ4v) is 1.92. The summed E-state index contributed by atoms with van der Waals surface area (Å²) in [5, 5.41) is 14.5. The zero-order valence-electron chi connectivity index (χ0n) is 10.9. The van der Waals surface area contributed by atoms with Gasteiger partial charge in [0.2, 0.25) is 0 Å². The maximum Gasteiger partial charge on any atom is 0.143 e. The Bertz CT molecular complexity index is 679. The first kappa shape index (κ1) is 12.2. The van der Waals surface area contributed by atoms with E-state index in [9.17, 15) is 0 Å². The molecule has 20 heavy (non-hydrogen) atoms. The zero-order valence-corrected chi connectivity index (χ0v) is 10.9. The summed E-state index contributed by atoms with van der Waals surface area (Å²) in [5.41, 5.74) is 4.12. The van der Waals surface area contributed by atoms with Crippen molar-refractivity contribution in [3.63, 3.8) is 0 Å². The van der Waals surface area contributed by atoms with Gasteiger partial charge in [-0.15, -0.1) is 5.10 Å². The van der Waals surface area contributed by atoms with E-state index in [4.69, 9.17) is 0 Å². The molecule has 3 rings (SSSR count). The Morgan fingerprint density at radius 2 is 2.05 bits per heavy atom. The molecule has 0 unspecified atom stereocenters. The number of aromatic nitrogens is 6. The van der Waals surface area contributed by atoms with E-state index in [1.807, 2.05) is 19.1 Å². The van der Waals surface area contributed by atoms with Crippen molar-refractivity contribution in [2.45, 2.75) is 13.5 Å². The summed E-state index contributed by atoms with van der Waals surface area (Å²) in [5.74, 6) is 0. The lowest BCUT2D eigenvalue weighted by molar-refractivity contribution is 0.785. The van der Waals surface area contributed by atoms with Gasteiger partial charge in [0.15, 0.2) is 0 Å². The summed E-state index contributed by atoms with van der Waals surface area (Å²) in [6.07, 6.45) is 6.69. The molecular weight excluding hydrogens is 254 g/mol. The van der Waals surface area contributed by atoms with Crippen LogP contribution in [0.25, 0.3) is 5.69 Å². The molecule has 7 nitrogen and oxygen atoms in total.